The van der Waals surface area contributed by atoms with Crippen LogP contribution >= 0.6 is 0 Å². The van der Waals surface area contributed by atoms with Gasteiger partial charge in [-0.05, 0) is 23.1 Å². The standard InChI is InChI=1S/C13H14O/c1-3-8-13(14)9-10(2)11-6-4-5-7-12(11)13/h3-7,14H,1-2,8-9H2. The van der Waals surface area contributed by atoms with Crippen LogP contribution in [0.1, 0.15) is 24.0 Å². The zero-order chi connectivity index (χ0) is 10.2. The molecule has 0 spiro atoms. The van der Waals surface area contributed by atoms with Crippen molar-refractivity contribution in [2.45, 2.75) is 18.4 Å². The summed E-state index contributed by atoms with van der Waals surface area (Å²) in [6, 6.07) is 7.91. The molecule has 0 saturated carbocycles. The van der Waals surface area contributed by atoms with Crippen LogP contribution < -0.4 is 0 Å². The lowest BCUT2D eigenvalue weighted by atomic mass is 9.92. The van der Waals surface area contributed by atoms with Gasteiger partial charge in [0.15, 0.2) is 0 Å². The zero-order valence-corrected chi connectivity index (χ0v) is 8.16. The lowest BCUT2D eigenvalue weighted by molar-refractivity contribution is 0.0513. The van der Waals surface area contributed by atoms with Gasteiger partial charge in [0, 0.05) is 6.42 Å². The molecule has 72 valence electrons. The van der Waals surface area contributed by atoms with Crippen molar-refractivity contribution >= 4 is 5.57 Å². The first kappa shape index (κ1) is 9.22. The van der Waals surface area contributed by atoms with E-state index in [1.807, 2.05) is 24.3 Å². The molecule has 1 atom stereocenters. The predicted octanol–water partition coefficient (Wildman–Crippen LogP) is 2.87. The Labute approximate surface area is 84.4 Å². The van der Waals surface area contributed by atoms with E-state index in [2.05, 4.69) is 13.2 Å². The van der Waals surface area contributed by atoms with Crippen molar-refractivity contribution in [2.75, 3.05) is 0 Å². The lowest BCUT2D eigenvalue weighted by Crippen LogP contribution is -2.20. The molecule has 1 aromatic carbocycles. The maximum absolute atomic E-state index is 10.4. The third-order valence-corrected chi connectivity index (χ3v) is 2.80. The van der Waals surface area contributed by atoms with E-state index in [9.17, 15) is 5.11 Å². The summed E-state index contributed by atoms with van der Waals surface area (Å²) in [6.07, 6.45) is 2.97. The second kappa shape index (κ2) is 3.10. The summed E-state index contributed by atoms with van der Waals surface area (Å²) < 4.78 is 0. The highest BCUT2D eigenvalue weighted by Crippen LogP contribution is 2.44. The van der Waals surface area contributed by atoms with Gasteiger partial charge in [-0.15, -0.1) is 6.58 Å². The normalized spacial score (nSPS) is 24.8. The summed E-state index contributed by atoms with van der Waals surface area (Å²) in [6.45, 7) is 7.66. The third-order valence-electron chi connectivity index (χ3n) is 2.80. The molecule has 0 radical (unpaired) electrons. The zero-order valence-electron chi connectivity index (χ0n) is 8.16. The fraction of sp³-hybridized carbons (Fsp3) is 0.231. The highest BCUT2D eigenvalue weighted by atomic mass is 16.3. The number of aliphatic hydroxyl groups is 1. The average Bonchev–Trinajstić information content (AvgIpc) is 2.41. The first-order valence-corrected chi connectivity index (χ1v) is 4.78. The maximum Gasteiger partial charge on any atom is 0.0976 e. The fourth-order valence-corrected chi connectivity index (χ4v) is 2.16. The molecule has 1 unspecified atom stereocenters. The van der Waals surface area contributed by atoms with Gasteiger partial charge in [-0.1, -0.05) is 36.9 Å². The number of benzene rings is 1. The highest BCUT2D eigenvalue weighted by Gasteiger charge is 2.37. The molecule has 1 aliphatic carbocycles. The Morgan fingerprint density at radius 1 is 1.43 bits per heavy atom. The van der Waals surface area contributed by atoms with Gasteiger partial charge in [-0.25, -0.2) is 0 Å². The van der Waals surface area contributed by atoms with Gasteiger partial charge < -0.3 is 5.11 Å². The Morgan fingerprint density at radius 2 is 2.14 bits per heavy atom. The Morgan fingerprint density at radius 3 is 2.86 bits per heavy atom. The first-order valence-electron chi connectivity index (χ1n) is 4.78. The van der Waals surface area contributed by atoms with Crippen LogP contribution in [0, 0.1) is 0 Å². The SMILES string of the molecule is C=CCC1(O)CC(=C)c2ccccc21. The molecule has 0 amide bonds. The molecule has 0 heterocycles. The van der Waals surface area contributed by atoms with Crippen molar-refractivity contribution in [3.05, 3.63) is 54.6 Å². The molecule has 1 heteroatoms. The van der Waals surface area contributed by atoms with Crippen LogP contribution in [0.3, 0.4) is 0 Å². The summed E-state index contributed by atoms with van der Waals surface area (Å²) in [5.41, 5.74) is 2.34. The van der Waals surface area contributed by atoms with Gasteiger partial charge in [0.25, 0.3) is 0 Å². The van der Waals surface area contributed by atoms with Crippen LogP contribution in [0.5, 0.6) is 0 Å². The van der Waals surface area contributed by atoms with Crippen molar-refractivity contribution in [1.82, 2.24) is 0 Å². The van der Waals surface area contributed by atoms with Crippen LogP contribution in [-0.4, -0.2) is 5.11 Å². The predicted molar refractivity (Wildman–Crippen MR) is 58.8 cm³/mol. The van der Waals surface area contributed by atoms with Gasteiger partial charge in [0.1, 0.15) is 0 Å². The summed E-state index contributed by atoms with van der Waals surface area (Å²) in [4.78, 5) is 0. The average molecular weight is 186 g/mol. The molecule has 0 saturated heterocycles. The number of hydrogen-bond donors (Lipinski definition) is 1. The molecule has 1 nitrogen and oxygen atoms in total. The monoisotopic (exact) mass is 186 g/mol. The highest BCUT2D eigenvalue weighted by molar-refractivity contribution is 5.73. The molecular formula is C13H14O. The van der Waals surface area contributed by atoms with Gasteiger partial charge in [-0.2, -0.15) is 0 Å². The minimum absolute atomic E-state index is 0.586. The largest absolute Gasteiger partial charge is 0.384 e. The maximum atomic E-state index is 10.4. The van der Waals surface area contributed by atoms with Gasteiger partial charge >= 0.3 is 0 Å². The van der Waals surface area contributed by atoms with E-state index in [1.54, 1.807) is 6.08 Å². The Bertz CT molecular complexity index is 392. The van der Waals surface area contributed by atoms with Gasteiger partial charge in [-0.3, -0.25) is 0 Å². The second-order valence-electron chi connectivity index (χ2n) is 3.85. The number of rotatable bonds is 2. The van der Waals surface area contributed by atoms with Crippen LogP contribution in [0.2, 0.25) is 0 Å². The van der Waals surface area contributed by atoms with Gasteiger partial charge in [0.2, 0.25) is 0 Å². The fourth-order valence-electron chi connectivity index (χ4n) is 2.16. The van der Waals surface area contributed by atoms with Crippen molar-refractivity contribution < 1.29 is 5.11 Å². The van der Waals surface area contributed by atoms with E-state index < -0.39 is 5.60 Å². The lowest BCUT2D eigenvalue weighted by Gasteiger charge is -2.21. The summed E-state index contributed by atoms with van der Waals surface area (Å²) in [7, 11) is 0. The molecular weight excluding hydrogens is 172 g/mol. The molecule has 14 heavy (non-hydrogen) atoms. The van der Waals surface area contributed by atoms with Crippen molar-refractivity contribution in [3.8, 4) is 0 Å². The van der Waals surface area contributed by atoms with E-state index in [0.29, 0.717) is 12.8 Å². The van der Waals surface area contributed by atoms with E-state index in [1.165, 1.54) is 0 Å². The van der Waals surface area contributed by atoms with E-state index in [4.69, 9.17) is 0 Å². The molecule has 0 fully saturated rings. The molecule has 0 aliphatic heterocycles. The molecule has 0 bridgehead atoms. The van der Waals surface area contributed by atoms with E-state index >= 15 is 0 Å². The van der Waals surface area contributed by atoms with Crippen LogP contribution in [0.15, 0.2) is 43.5 Å². The number of fused-ring (bicyclic) bond motifs is 1. The summed E-state index contributed by atoms with van der Waals surface area (Å²) >= 11 is 0. The minimum Gasteiger partial charge on any atom is -0.384 e. The second-order valence-corrected chi connectivity index (χ2v) is 3.85. The molecule has 1 aliphatic rings. The summed E-state index contributed by atoms with van der Waals surface area (Å²) in [5, 5.41) is 10.4. The minimum atomic E-state index is -0.768. The van der Waals surface area contributed by atoms with Crippen LogP contribution in [0.25, 0.3) is 5.57 Å². The topological polar surface area (TPSA) is 20.2 Å². The molecule has 1 aromatic rings. The number of hydrogen-bond acceptors (Lipinski definition) is 1. The van der Waals surface area contributed by atoms with Crippen LogP contribution in [-0.2, 0) is 5.60 Å². The van der Waals surface area contributed by atoms with Crippen molar-refractivity contribution in [3.63, 3.8) is 0 Å². The quantitative estimate of drug-likeness (QED) is 0.704. The molecule has 2 rings (SSSR count). The molecule has 0 aromatic heterocycles. The smallest absolute Gasteiger partial charge is 0.0976 e. The van der Waals surface area contributed by atoms with E-state index in [-0.39, 0.29) is 0 Å². The van der Waals surface area contributed by atoms with Crippen molar-refractivity contribution in [1.29, 1.82) is 0 Å². The van der Waals surface area contributed by atoms with Crippen molar-refractivity contribution in [2.24, 2.45) is 0 Å². The Kier molecular flexibility index (Phi) is 2.05. The third kappa shape index (κ3) is 1.21. The van der Waals surface area contributed by atoms with E-state index in [0.717, 1.165) is 16.7 Å². The molecule has 1 N–H and O–H groups in total. The van der Waals surface area contributed by atoms with Gasteiger partial charge in [0.05, 0.1) is 5.60 Å². The Balaban J connectivity index is 2.53. The first-order chi connectivity index (χ1) is 6.67. The summed E-state index contributed by atoms with van der Waals surface area (Å²) in [5.74, 6) is 0. The van der Waals surface area contributed by atoms with Crippen LogP contribution in [0.4, 0.5) is 0 Å². The Hall–Kier alpha value is -1.34.